The molecule has 12 heavy (non-hydrogen) atoms. The third-order valence-corrected chi connectivity index (χ3v) is 4.38. The van der Waals surface area contributed by atoms with E-state index in [0.717, 1.165) is 5.56 Å². The molecule has 0 radical (unpaired) electrons. The summed E-state index contributed by atoms with van der Waals surface area (Å²) in [6.45, 7) is 0. The van der Waals surface area contributed by atoms with Crippen LogP contribution in [0.3, 0.4) is 0 Å². The van der Waals surface area contributed by atoms with Gasteiger partial charge in [-0.15, -0.1) is 11.3 Å². The van der Waals surface area contributed by atoms with Crippen molar-refractivity contribution in [2.45, 2.75) is 9.96 Å². The van der Waals surface area contributed by atoms with Gasteiger partial charge in [0.05, 0.1) is 0 Å². The van der Waals surface area contributed by atoms with Crippen molar-refractivity contribution in [3.8, 4) is 0 Å². The smallest absolute Gasteiger partial charge is 0.224 e. The maximum atomic E-state index is 11.0. The van der Waals surface area contributed by atoms with Crippen molar-refractivity contribution >= 4 is 33.1 Å². The molecule has 0 unspecified atom stereocenters. The number of sulfonamides is 1. The zero-order valence-corrected chi connectivity index (χ0v) is 8.93. The molecule has 6 heteroatoms. The number of nitrogens with two attached hydrogens (primary N) is 1. The Hall–Kier alpha value is -0.0400. The van der Waals surface area contributed by atoms with E-state index in [2.05, 4.69) is 0 Å². The quantitative estimate of drug-likeness (QED) is 0.839. The second kappa shape index (κ2) is 3.78. The van der Waals surface area contributed by atoms with Gasteiger partial charge in [-0.25, -0.2) is 13.6 Å². The number of thioether (sulfide) groups is 1. The average Bonchev–Trinajstić information content (AvgIpc) is 2.34. The fourth-order valence-corrected chi connectivity index (χ4v) is 3.42. The van der Waals surface area contributed by atoms with Gasteiger partial charge in [0.2, 0.25) is 10.0 Å². The minimum absolute atomic E-state index is 0.289. The van der Waals surface area contributed by atoms with Crippen LogP contribution in [0, 0.1) is 0 Å². The molecule has 0 bridgehead atoms. The Kier molecular flexibility index (Phi) is 3.16. The molecular weight excluding hydrogens is 214 g/mol. The Balaban J connectivity index is 3.08. The molecule has 0 fully saturated rings. The lowest BCUT2D eigenvalue weighted by molar-refractivity contribution is 0.599. The molecule has 0 saturated carbocycles. The van der Waals surface area contributed by atoms with Gasteiger partial charge in [0.15, 0.2) is 0 Å². The normalized spacial score (nSPS) is 11.8. The Morgan fingerprint density at radius 3 is 2.83 bits per heavy atom. The van der Waals surface area contributed by atoms with E-state index in [1.165, 1.54) is 11.3 Å². The number of rotatable bonds is 3. The standard InChI is InChI=1S/C6H9NO2S3/c1-10-4-5-2-3-11-6(5)12(7,8)9/h2-3H,4H2,1H3,(H2,7,8,9). The minimum atomic E-state index is -3.51. The van der Waals surface area contributed by atoms with Crippen LogP contribution in [-0.2, 0) is 15.8 Å². The molecule has 1 rings (SSSR count). The van der Waals surface area contributed by atoms with Gasteiger partial charge in [0.25, 0.3) is 0 Å². The lowest BCUT2D eigenvalue weighted by Gasteiger charge is -1.97. The van der Waals surface area contributed by atoms with Crippen LogP contribution in [0.2, 0.25) is 0 Å². The lowest BCUT2D eigenvalue weighted by atomic mass is 10.4. The first kappa shape index (κ1) is 10.0. The monoisotopic (exact) mass is 223 g/mol. The molecular formula is C6H9NO2S3. The van der Waals surface area contributed by atoms with Crippen LogP contribution < -0.4 is 5.14 Å². The van der Waals surface area contributed by atoms with Crippen molar-refractivity contribution in [2.24, 2.45) is 5.14 Å². The maximum absolute atomic E-state index is 11.0. The molecule has 68 valence electrons. The summed E-state index contributed by atoms with van der Waals surface area (Å²) in [6, 6.07) is 1.79. The van der Waals surface area contributed by atoms with Gasteiger partial charge in [-0.2, -0.15) is 11.8 Å². The summed E-state index contributed by atoms with van der Waals surface area (Å²) in [5.41, 5.74) is 0.801. The van der Waals surface area contributed by atoms with Crippen LogP contribution in [0.5, 0.6) is 0 Å². The van der Waals surface area contributed by atoms with Crippen LogP contribution in [0.1, 0.15) is 5.56 Å². The lowest BCUT2D eigenvalue weighted by Crippen LogP contribution is -2.11. The average molecular weight is 223 g/mol. The van der Waals surface area contributed by atoms with Gasteiger partial charge in [-0.3, -0.25) is 0 Å². The molecule has 2 N–H and O–H groups in total. The summed E-state index contributed by atoms with van der Waals surface area (Å²) in [5.74, 6) is 0.690. The summed E-state index contributed by atoms with van der Waals surface area (Å²) >= 11 is 2.75. The van der Waals surface area contributed by atoms with E-state index in [4.69, 9.17) is 5.14 Å². The SMILES string of the molecule is CSCc1ccsc1S(N)(=O)=O. The summed E-state index contributed by atoms with van der Waals surface area (Å²) in [6.07, 6.45) is 1.92. The van der Waals surface area contributed by atoms with Crippen molar-refractivity contribution < 1.29 is 8.42 Å². The molecule has 0 aromatic carbocycles. The highest BCUT2D eigenvalue weighted by atomic mass is 32.2. The molecule has 0 aliphatic rings. The summed E-state index contributed by atoms with van der Waals surface area (Å²) in [4.78, 5) is 0. The van der Waals surface area contributed by atoms with E-state index < -0.39 is 10.0 Å². The largest absolute Gasteiger partial charge is 0.247 e. The van der Waals surface area contributed by atoms with Crippen LogP contribution in [0.25, 0.3) is 0 Å². The summed E-state index contributed by atoms with van der Waals surface area (Å²) in [5, 5.41) is 6.75. The van der Waals surface area contributed by atoms with E-state index in [-0.39, 0.29) is 4.21 Å². The van der Waals surface area contributed by atoms with Crippen molar-refractivity contribution in [2.75, 3.05) is 6.26 Å². The van der Waals surface area contributed by atoms with Crippen molar-refractivity contribution in [3.05, 3.63) is 17.0 Å². The zero-order chi connectivity index (χ0) is 9.19. The molecule has 0 atom stereocenters. The van der Waals surface area contributed by atoms with Crippen molar-refractivity contribution in [1.82, 2.24) is 0 Å². The third kappa shape index (κ3) is 2.22. The molecule has 3 nitrogen and oxygen atoms in total. The van der Waals surface area contributed by atoms with Gasteiger partial charge >= 0.3 is 0 Å². The highest BCUT2D eigenvalue weighted by Crippen LogP contribution is 2.24. The van der Waals surface area contributed by atoms with Gasteiger partial charge in [-0.1, -0.05) is 0 Å². The molecule has 0 amide bonds. The Labute approximate surface area is 80.0 Å². The predicted molar refractivity (Wildman–Crippen MR) is 52.9 cm³/mol. The highest BCUT2D eigenvalue weighted by Gasteiger charge is 2.14. The minimum Gasteiger partial charge on any atom is -0.224 e. The van der Waals surface area contributed by atoms with E-state index in [1.807, 2.05) is 6.26 Å². The van der Waals surface area contributed by atoms with E-state index in [1.54, 1.807) is 23.2 Å². The van der Waals surface area contributed by atoms with E-state index >= 15 is 0 Å². The Bertz CT molecular complexity index is 355. The van der Waals surface area contributed by atoms with Crippen LogP contribution in [-0.4, -0.2) is 14.7 Å². The highest BCUT2D eigenvalue weighted by molar-refractivity contribution is 7.97. The molecule has 0 saturated heterocycles. The molecule has 0 aliphatic carbocycles. The number of hydrogen-bond donors (Lipinski definition) is 1. The van der Waals surface area contributed by atoms with Gasteiger partial charge < -0.3 is 0 Å². The second-order valence-electron chi connectivity index (χ2n) is 2.21. The molecule has 1 heterocycles. The summed E-state index contributed by atoms with van der Waals surface area (Å²) in [7, 11) is -3.51. The van der Waals surface area contributed by atoms with Gasteiger partial charge in [0, 0.05) is 5.75 Å². The van der Waals surface area contributed by atoms with Gasteiger partial charge in [0.1, 0.15) is 4.21 Å². The predicted octanol–water partition coefficient (Wildman–Crippen LogP) is 1.26. The number of hydrogen-bond acceptors (Lipinski definition) is 4. The number of thiophene rings is 1. The topological polar surface area (TPSA) is 60.2 Å². The summed E-state index contributed by atoms with van der Waals surface area (Å²) < 4.78 is 22.2. The Morgan fingerprint density at radius 2 is 2.33 bits per heavy atom. The molecule has 1 aromatic rings. The van der Waals surface area contributed by atoms with Crippen LogP contribution in [0.4, 0.5) is 0 Å². The van der Waals surface area contributed by atoms with E-state index in [0.29, 0.717) is 5.75 Å². The zero-order valence-electron chi connectivity index (χ0n) is 6.48. The maximum Gasteiger partial charge on any atom is 0.247 e. The van der Waals surface area contributed by atoms with Crippen molar-refractivity contribution in [1.29, 1.82) is 0 Å². The molecule has 1 aromatic heterocycles. The fraction of sp³-hybridized carbons (Fsp3) is 0.333. The van der Waals surface area contributed by atoms with Crippen LogP contribution in [0.15, 0.2) is 15.7 Å². The first-order chi connectivity index (χ1) is 5.55. The van der Waals surface area contributed by atoms with E-state index in [9.17, 15) is 8.42 Å². The first-order valence-electron chi connectivity index (χ1n) is 3.14. The van der Waals surface area contributed by atoms with Crippen LogP contribution >= 0.6 is 23.1 Å². The second-order valence-corrected chi connectivity index (χ2v) is 5.75. The fourth-order valence-electron chi connectivity index (χ4n) is 0.834. The third-order valence-electron chi connectivity index (χ3n) is 1.26. The first-order valence-corrected chi connectivity index (χ1v) is 6.96. The molecule has 0 spiro atoms. The molecule has 0 aliphatic heterocycles. The Morgan fingerprint density at radius 1 is 1.67 bits per heavy atom. The van der Waals surface area contributed by atoms with Gasteiger partial charge in [-0.05, 0) is 23.3 Å². The van der Waals surface area contributed by atoms with Crippen molar-refractivity contribution in [3.63, 3.8) is 0 Å². The number of primary sulfonamides is 1.